The van der Waals surface area contributed by atoms with Crippen LogP contribution in [0.3, 0.4) is 0 Å². The van der Waals surface area contributed by atoms with E-state index >= 15 is 0 Å². The van der Waals surface area contributed by atoms with Gasteiger partial charge in [-0.1, -0.05) is 36.4 Å². The average molecular weight is 388 g/mol. The number of esters is 1. The lowest BCUT2D eigenvalue weighted by Gasteiger charge is -2.36. The minimum absolute atomic E-state index is 0.0655. The Morgan fingerprint density at radius 1 is 1.14 bits per heavy atom. The summed E-state index contributed by atoms with van der Waals surface area (Å²) in [5, 5.41) is 3.35. The number of pyridine rings is 1. The van der Waals surface area contributed by atoms with E-state index in [1.54, 1.807) is 19.3 Å². The Balaban J connectivity index is 1.79. The first-order valence-corrected chi connectivity index (χ1v) is 9.96. The molecule has 2 aromatic rings. The summed E-state index contributed by atoms with van der Waals surface area (Å²) in [4.78, 5) is 30.3. The second-order valence-corrected chi connectivity index (χ2v) is 7.43. The van der Waals surface area contributed by atoms with E-state index in [9.17, 15) is 9.59 Å². The van der Waals surface area contributed by atoms with Crippen LogP contribution in [-0.4, -0.2) is 23.3 Å². The molecule has 1 aliphatic carbocycles. The number of aromatic nitrogens is 1. The van der Waals surface area contributed by atoms with Gasteiger partial charge in [0.05, 0.1) is 12.2 Å². The Labute approximate surface area is 170 Å². The van der Waals surface area contributed by atoms with Crippen LogP contribution in [0.25, 0.3) is 0 Å². The van der Waals surface area contributed by atoms with Gasteiger partial charge in [0, 0.05) is 41.7 Å². The van der Waals surface area contributed by atoms with Crippen LogP contribution in [0.5, 0.6) is 0 Å². The Morgan fingerprint density at radius 2 is 1.90 bits per heavy atom. The summed E-state index contributed by atoms with van der Waals surface area (Å²) in [6.07, 6.45) is 4.57. The predicted molar refractivity (Wildman–Crippen MR) is 110 cm³/mol. The summed E-state index contributed by atoms with van der Waals surface area (Å²) in [5.41, 5.74) is 4.77. The van der Waals surface area contributed by atoms with E-state index < -0.39 is 11.9 Å². The molecule has 0 bridgehead atoms. The van der Waals surface area contributed by atoms with Crippen LogP contribution in [0.1, 0.15) is 49.7 Å². The maximum Gasteiger partial charge on any atom is 0.336 e. The summed E-state index contributed by atoms with van der Waals surface area (Å²) in [5.74, 6) is -0.656. The largest absolute Gasteiger partial charge is 0.463 e. The fourth-order valence-corrected chi connectivity index (χ4v) is 4.36. The summed E-state index contributed by atoms with van der Waals surface area (Å²) in [6, 6.07) is 13.9. The molecule has 0 radical (unpaired) electrons. The molecule has 5 nitrogen and oxygen atoms in total. The highest BCUT2D eigenvalue weighted by Crippen LogP contribution is 2.45. The van der Waals surface area contributed by atoms with Crippen molar-refractivity contribution in [3.63, 3.8) is 0 Å². The van der Waals surface area contributed by atoms with Gasteiger partial charge in [0.1, 0.15) is 0 Å². The van der Waals surface area contributed by atoms with Gasteiger partial charge in [-0.15, -0.1) is 0 Å². The van der Waals surface area contributed by atoms with Crippen molar-refractivity contribution in [1.82, 2.24) is 10.3 Å². The minimum atomic E-state index is -0.455. The fraction of sp³-hybridized carbons (Fsp3) is 0.292. The number of Topliss-reactive ketones (excluding diaryl/α,β-unsaturated/α-hetero) is 1. The number of allylic oxidation sites excluding steroid dienone is 3. The molecule has 148 valence electrons. The Kier molecular flexibility index (Phi) is 5.30. The summed E-state index contributed by atoms with van der Waals surface area (Å²) in [6.45, 7) is 3.94. The highest BCUT2D eigenvalue weighted by molar-refractivity contribution is 6.04. The zero-order chi connectivity index (χ0) is 20.4. The van der Waals surface area contributed by atoms with Gasteiger partial charge in [0.2, 0.25) is 0 Å². The first-order valence-electron chi connectivity index (χ1n) is 9.96. The van der Waals surface area contributed by atoms with Gasteiger partial charge >= 0.3 is 5.97 Å². The second-order valence-electron chi connectivity index (χ2n) is 7.43. The SMILES string of the molecule is CCOC(=O)C1=C(C)NC2=C(C(=O)C[C@@H](c3ccccc3)C2)[C@@H]1c1cccnc1. The van der Waals surface area contributed by atoms with E-state index in [0.29, 0.717) is 17.6 Å². The summed E-state index contributed by atoms with van der Waals surface area (Å²) < 4.78 is 5.32. The number of hydrogen-bond acceptors (Lipinski definition) is 5. The maximum atomic E-state index is 13.3. The quantitative estimate of drug-likeness (QED) is 0.802. The molecule has 2 heterocycles. The lowest BCUT2D eigenvalue weighted by atomic mass is 9.72. The molecule has 1 aliphatic heterocycles. The molecule has 29 heavy (non-hydrogen) atoms. The summed E-state index contributed by atoms with van der Waals surface area (Å²) in [7, 11) is 0. The van der Waals surface area contributed by atoms with Crippen molar-refractivity contribution in [3.8, 4) is 0 Å². The summed E-state index contributed by atoms with van der Waals surface area (Å²) >= 11 is 0. The monoisotopic (exact) mass is 388 g/mol. The van der Waals surface area contributed by atoms with Gasteiger partial charge in [0.15, 0.2) is 5.78 Å². The van der Waals surface area contributed by atoms with Crippen LogP contribution in [0, 0.1) is 0 Å². The van der Waals surface area contributed by atoms with Crippen molar-refractivity contribution in [3.05, 3.63) is 88.5 Å². The standard InChI is InChI=1S/C24H24N2O3/c1-3-29-24(28)21-15(2)26-19-12-18(16-8-5-4-6-9-16)13-20(27)23(19)22(21)17-10-7-11-25-14-17/h4-11,14,18,22,26H,3,12-13H2,1-2H3/t18-,22+/m0/s1. The lowest BCUT2D eigenvalue weighted by molar-refractivity contribution is -0.138. The van der Waals surface area contributed by atoms with Crippen molar-refractivity contribution < 1.29 is 14.3 Å². The van der Waals surface area contributed by atoms with Crippen molar-refractivity contribution in [1.29, 1.82) is 0 Å². The number of carbonyl (C=O) groups excluding carboxylic acids is 2. The predicted octanol–water partition coefficient (Wildman–Crippen LogP) is 4.01. The smallest absolute Gasteiger partial charge is 0.336 e. The normalized spacial score (nSPS) is 21.5. The van der Waals surface area contributed by atoms with Crippen molar-refractivity contribution in [2.45, 2.75) is 38.5 Å². The Morgan fingerprint density at radius 3 is 2.59 bits per heavy atom. The molecule has 5 heteroatoms. The van der Waals surface area contributed by atoms with Gasteiger partial charge in [-0.05, 0) is 43.4 Å². The molecular formula is C24H24N2O3. The molecule has 1 aromatic carbocycles. The van der Waals surface area contributed by atoms with Gasteiger partial charge in [-0.3, -0.25) is 9.78 Å². The number of nitrogens with one attached hydrogen (secondary N) is 1. The van der Waals surface area contributed by atoms with Gasteiger partial charge in [-0.2, -0.15) is 0 Å². The molecule has 0 fully saturated rings. The minimum Gasteiger partial charge on any atom is -0.463 e. The molecule has 0 amide bonds. The van der Waals surface area contributed by atoms with Crippen LogP contribution < -0.4 is 5.32 Å². The van der Waals surface area contributed by atoms with Gasteiger partial charge in [-0.25, -0.2) is 4.79 Å². The zero-order valence-corrected chi connectivity index (χ0v) is 16.6. The number of hydrogen-bond donors (Lipinski definition) is 1. The number of benzene rings is 1. The third-order valence-electron chi connectivity index (χ3n) is 5.61. The Hall–Kier alpha value is -3.21. The number of carbonyl (C=O) groups is 2. The van der Waals surface area contributed by atoms with Crippen molar-refractivity contribution >= 4 is 11.8 Å². The third kappa shape index (κ3) is 3.60. The lowest BCUT2D eigenvalue weighted by Crippen LogP contribution is -2.36. The van der Waals surface area contributed by atoms with Gasteiger partial charge in [0.25, 0.3) is 0 Å². The fourth-order valence-electron chi connectivity index (χ4n) is 4.36. The molecule has 1 N–H and O–H groups in total. The molecule has 2 aliphatic rings. The topological polar surface area (TPSA) is 68.3 Å². The van der Waals surface area contributed by atoms with Crippen molar-refractivity contribution in [2.24, 2.45) is 0 Å². The van der Waals surface area contributed by atoms with Crippen LogP contribution in [0.2, 0.25) is 0 Å². The molecular weight excluding hydrogens is 364 g/mol. The number of nitrogens with zero attached hydrogens (tertiary/aromatic N) is 1. The van der Waals surface area contributed by atoms with Crippen LogP contribution in [-0.2, 0) is 14.3 Å². The van der Waals surface area contributed by atoms with E-state index in [-0.39, 0.29) is 18.3 Å². The Bertz CT molecular complexity index is 993. The number of dihydropyridines is 1. The average Bonchev–Trinajstić information content (AvgIpc) is 2.74. The van der Waals surface area contributed by atoms with Crippen molar-refractivity contribution in [2.75, 3.05) is 6.61 Å². The first kappa shape index (κ1) is 19.1. The van der Waals surface area contributed by atoms with Crippen LogP contribution in [0.4, 0.5) is 0 Å². The molecule has 1 aromatic heterocycles. The van der Waals surface area contributed by atoms with E-state index in [1.807, 2.05) is 37.3 Å². The number of rotatable bonds is 4. The van der Waals surface area contributed by atoms with E-state index in [1.165, 1.54) is 0 Å². The first-order chi connectivity index (χ1) is 14.1. The maximum absolute atomic E-state index is 13.3. The molecule has 0 unspecified atom stereocenters. The molecule has 0 spiro atoms. The molecule has 4 rings (SSSR count). The van der Waals surface area contributed by atoms with Crippen LogP contribution in [0.15, 0.2) is 77.4 Å². The molecule has 0 saturated heterocycles. The van der Waals surface area contributed by atoms with Crippen LogP contribution >= 0.6 is 0 Å². The molecule has 2 atom stereocenters. The van der Waals surface area contributed by atoms with Gasteiger partial charge < -0.3 is 10.1 Å². The number of ether oxygens (including phenoxy) is 1. The number of ketones is 1. The third-order valence-corrected chi connectivity index (χ3v) is 5.61. The van der Waals surface area contributed by atoms with E-state index in [2.05, 4.69) is 22.4 Å². The molecule has 0 saturated carbocycles. The van der Waals surface area contributed by atoms with E-state index in [4.69, 9.17) is 4.74 Å². The highest BCUT2D eigenvalue weighted by Gasteiger charge is 2.41. The van der Waals surface area contributed by atoms with E-state index in [0.717, 1.165) is 28.9 Å². The second kappa shape index (κ2) is 8.03. The zero-order valence-electron chi connectivity index (χ0n) is 16.6. The highest BCUT2D eigenvalue weighted by atomic mass is 16.5.